The maximum atomic E-state index is 12.6. The Labute approximate surface area is 94.5 Å². The molecule has 0 aliphatic heterocycles. The first-order valence-corrected chi connectivity index (χ1v) is 4.57. The SMILES string of the molecule is N[C@H](C(=O)O)[C@H](O)c1ccccc1C(F)(F)F. The Kier molecular flexibility index (Phi) is 3.74. The minimum absolute atomic E-state index is 0.546. The van der Waals surface area contributed by atoms with E-state index in [1.54, 1.807) is 0 Å². The Morgan fingerprint density at radius 3 is 2.29 bits per heavy atom. The number of carbonyl (C=O) groups is 1. The number of alkyl halides is 3. The Bertz CT molecular complexity index is 420. The second kappa shape index (κ2) is 4.72. The summed E-state index contributed by atoms with van der Waals surface area (Å²) in [5.41, 5.74) is 3.45. The van der Waals surface area contributed by atoms with Crippen LogP contribution in [0.15, 0.2) is 24.3 Å². The summed E-state index contributed by atoms with van der Waals surface area (Å²) < 4.78 is 37.7. The number of hydrogen-bond acceptors (Lipinski definition) is 3. The smallest absolute Gasteiger partial charge is 0.416 e. The molecule has 0 unspecified atom stereocenters. The lowest BCUT2D eigenvalue weighted by Gasteiger charge is -2.19. The van der Waals surface area contributed by atoms with Gasteiger partial charge in [0.05, 0.1) is 5.56 Å². The molecular formula is C10H10F3NO3. The van der Waals surface area contributed by atoms with Gasteiger partial charge in [0.1, 0.15) is 12.1 Å². The van der Waals surface area contributed by atoms with Gasteiger partial charge in [0.25, 0.3) is 0 Å². The van der Waals surface area contributed by atoms with Gasteiger partial charge in [-0.3, -0.25) is 4.79 Å². The third kappa shape index (κ3) is 2.95. The summed E-state index contributed by atoms with van der Waals surface area (Å²) >= 11 is 0. The molecule has 0 aliphatic carbocycles. The third-order valence-electron chi connectivity index (χ3n) is 2.21. The van der Waals surface area contributed by atoms with Crippen molar-refractivity contribution in [3.05, 3.63) is 35.4 Å². The number of nitrogens with two attached hydrogens (primary N) is 1. The molecule has 0 amide bonds. The van der Waals surface area contributed by atoms with Crippen molar-refractivity contribution >= 4 is 5.97 Å². The second-order valence-corrected chi connectivity index (χ2v) is 3.39. The Hall–Kier alpha value is -1.60. The molecule has 0 heterocycles. The topological polar surface area (TPSA) is 83.6 Å². The van der Waals surface area contributed by atoms with Crippen molar-refractivity contribution in [3.8, 4) is 0 Å². The van der Waals surface area contributed by atoms with Gasteiger partial charge in [0, 0.05) is 0 Å². The standard InChI is InChI=1S/C10H10F3NO3/c11-10(12,13)6-4-2-1-3-5(6)8(15)7(14)9(16)17/h1-4,7-8,15H,14H2,(H,16,17)/t7-,8+/m0/s1. The van der Waals surface area contributed by atoms with Crippen LogP contribution in [-0.4, -0.2) is 22.2 Å². The first-order valence-electron chi connectivity index (χ1n) is 4.57. The van der Waals surface area contributed by atoms with Gasteiger partial charge in [-0.15, -0.1) is 0 Å². The van der Waals surface area contributed by atoms with Crippen molar-refractivity contribution in [1.29, 1.82) is 0 Å². The molecular weight excluding hydrogens is 239 g/mol. The van der Waals surface area contributed by atoms with E-state index >= 15 is 0 Å². The third-order valence-corrected chi connectivity index (χ3v) is 2.21. The van der Waals surface area contributed by atoms with E-state index in [4.69, 9.17) is 10.8 Å². The van der Waals surface area contributed by atoms with Crippen molar-refractivity contribution in [2.45, 2.75) is 18.3 Å². The lowest BCUT2D eigenvalue weighted by atomic mass is 9.97. The van der Waals surface area contributed by atoms with Crippen LogP contribution >= 0.6 is 0 Å². The molecule has 0 saturated heterocycles. The molecule has 0 spiro atoms. The number of carboxylic acid groups (broad SMARTS) is 1. The molecule has 17 heavy (non-hydrogen) atoms. The number of halogens is 3. The van der Waals surface area contributed by atoms with Crippen LogP contribution in [0.1, 0.15) is 17.2 Å². The van der Waals surface area contributed by atoms with Crippen LogP contribution in [0.25, 0.3) is 0 Å². The summed E-state index contributed by atoms with van der Waals surface area (Å²) in [6.45, 7) is 0. The maximum absolute atomic E-state index is 12.6. The molecule has 0 aliphatic rings. The van der Waals surface area contributed by atoms with Crippen LogP contribution in [0.3, 0.4) is 0 Å². The summed E-state index contributed by atoms with van der Waals surface area (Å²) in [6.07, 6.45) is -6.58. The molecule has 1 aromatic rings. The fraction of sp³-hybridized carbons (Fsp3) is 0.300. The van der Waals surface area contributed by atoms with E-state index in [2.05, 4.69) is 0 Å². The van der Waals surface area contributed by atoms with Gasteiger partial charge in [-0.1, -0.05) is 18.2 Å². The predicted octanol–water partition coefficient (Wildman–Crippen LogP) is 1.15. The van der Waals surface area contributed by atoms with Crippen LogP contribution in [0.2, 0.25) is 0 Å². The average molecular weight is 249 g/mol. The van der Waals surface area contributed by atoms with Crippen LogP contribution in [0.4, 0.5) is 13.2 Å². The molecule has 2 atom stereocenters. The highest BCUT2D eigenvalue weighted by atomic mass is 19.4. The lowest BCUT2D eigenvalue weighted by molar-refractivity contribution is -0.144. The minimum Gasteiger partial charge on any atom is -0.480 e. The zero-order chi connectivity index (χ0) is 13.2. The Morgan fingerprint density at radius 2 is 1.82 bits per heavy atom. The highest BCUT2D eigenvalue weighted by Crippen LogP contribution is 2.35. The molecule has 0 aromatic heterocycles. The van der Waals surface area contributed by atoms with Crippen molar-refractivity contribution < 1.29 is 28.2 Å². The van der Waals surface area contributed by atoms with Gasteiger partial charge in [0.15, 0.2) is 0 Å². The monoisotopic (exact) mass is 249 g/mol. The summed E-state index contributed by atoms with van der Waals surface area (Å²) in [6, 6.07) is 2.36. The van der Waals surface area contributed by atoms with Crippen LogP contribution in [-0.2, 0) is 11.0 Å². The van der Waals surface area contributed by atoms with Gasteiger partial charge >= 0.3 is 12.1 Å². The zero-order valence-corrected chi connectivity index (χ0v) is 8.48. The molecule has 0 saturated carbocycles. The van der Waals surface area contributed by atoms with Crippen LogP contribution in [0, 0.1) is 0 Å². The van der Waals surface area contributed by atoms with Gasteiger partial charge in [-0.2, -0.15) is 13.2 Å². The normalized spacial score (nSPS) is 15.4. The van der Waals surface area contributed by atoms with Crippen LogP contribution in [0.5, 0.6) is 0 Å². The van der Waals surface area contributed by atoms with Gasteiger partial charge < -0.3 is 15.9 Å². The predicted molar refractivity (Wildman–Crippen MR) is 52.0 cm³/mol. The molecule has 0 fully saturated rings. The number of aliphatic carboxylic acids is 1. The minimum atomic E-state index is -4.67. The molecule has 1 aromatic carbocycles. The van der Waals surface area contributed by atoms with E-state index in [-0.39, 0.29) is 0 Å². The second-order valence-electron chi connectivity index (χ2n) is 3.39. The highest BCUT2D eigenvalue weighted by molar-refractivity contribution is 5.74. The summed E-state index contributed by atoms with van der Waals surface area (Å²) in [5, 5.41) is 18.0. The van der Waals surface area contributed by atoms with Crippen LogP contribution < -0.4 is 5.73 Å². The first-order chi connectivity index (χ1) is 7.75. The number of benzene rings is 1. The molecule has 4 N–H and O–H groups in total. The quantitative estimate of drug-likeness (QED) is 0.750. The number of hydrogen-bond donors (Lipinski definition) is 3. The Morgan fingerprint density at radius 1 is 1.29 bits per heavy atom. The molecule has 0 radical (unpaired) electrons. The molecule has 7 heteroatoms. The van der Waals surface area contributed by atoms with Gasteiger partial charge in [0.2, 0.25) is 0 Å². The van der Waals surface area contributed by atoms with E-state index in [1.807, 2.05) is 0 Å². The summed E-state index contributed by atoms with van der Waals surface area (Å²) in [7, 11) is 0. The highest BCUT2D eigenvalue weighted by Gasteiger charge is 2.36. The number of aliphatic hydroxyl groups excluding tert-OH is 1. The van der Waals surface area contributed by atoms with Crippen molar-refractivity contribution in [2.24, 2.45) is 5.73 Å². The summed E-state index contributed by atoms with van der Waals surface area (Å²) in [5.74, 6) is -1.57. The largest absolute Gasteiger partial charge is 0.480 e. The van der Waals surface area contributed by atoms with Crippen molar-refractivity contribution in [1.82, 2.24) is 0 Å². The van der Waals surface area contributed by atoms with E-state index in [0.717, 1.165) is 18.2 Å². The number of aliphatic hydroxyl groups is 1. The fourth-order valence-electron chi connectivity index (χ4n) is 1.34. The van der Waals surface area contributed by atoms with E-state index in [9.17, 15) is 23.1 Å². The lowest BCUT2D eigenvalue weighted by Crippen LogP contribution is -2.37. The molecule has 94 valence electrons. The Balaban J connectivity index is 3.18. The molecule has 0 bridgehead atoms. The molecule has 4 nitrogen and oxygen atoms in total. The average Bonchev–Trinajstić information content (AvgIpc) is 2.25. The van der Waals surface area contributed by atoms with E-state index in [0.29, 0.717) is 0 Å². The van der Waals surface area contributed by atoms with E-state index < -0.39 is 35.4 Å². The number of rotatable bonds is 3. The summed E-state index contributed by atoms with van der Waals surface area (Å²) in [4.78, 5) is 10.5. The molecule has 1 rings (SSSR count). The van der Waals surface area contributed by atoms with E-state index in [1.165, 1.54) is 6.07 Å². The van der Waals surface area contributed by atoms with Crippen molar-refractivity contribution in [2.75, 3.05) is 0 Å². The van der Waals surface area contributed by atoms with Gasteiger partial charge in [-0.05, 0) is 11.6 Å². The van der Waals surface area contributed by atoms with Crippen molar-refractivity contribution in [3.63, 3.8) is 0 Å². The maximum Gasteiger partial charge on any atom is 0.416 e. The fourth-order valence-corrected chi connectivity index (χ4v) is 1.34. The zero-order valence-electron chi connectivity index (χ0n) is 8.48. The number of carboxylic acids is 1. The van der Waals surface area contributed by atoms with Gasteiger partial charge in [-0.25, -0.2) is 0 Å². The first kappa shape index (κ1) is 13.5.